The minimum absolute atomic E-state index is 0.173. The monoisotopic (exact) mass is 465 g/mol. The van der Waals surface area contributed by atoms with E-state index in [1.54, 1.807) is 11.3 Å². The van der Waals surface area contributed by atoms with Gasteiger partial charge in [0.2, 0.25) is 0 Å². The first-order chi connectivity index (χ1) is 16.1. The van der Waals surface area contributed by atoms with Crippen LogP contribution in [0, 0.1) is 5.92 Å². The maximum absolute atomic E-state index is 12.8. The van der Waals surface area contributed by atoms with E-state index in [4.69, 9.17) is 4.98 Å². The lowest BCUT2D eigenvalue weighted by atomic mass is 9.95. The van der Waals surface area contributed by atoms with E-state index >= 15 is 0 Å². The molecule has 8 nitrogen and oxygen atoms in total. The zero-order valence-electron chi connectivity index (χ0n) is 18.3. The van der Waals surface area contributed by atoms with E-state index in [1.165, 1.54) is 38.4 Å². The van der Waals surface area contributed by atoms with Crippen LogP contribution in [0.25, 0.3) is 32.4 Å². The zero-order valence-corrected chi connectivity index (χ0v) is 19.1. The number of hydrogen-bond donors (Lipinski definition) is 3. The molecule has 172 valence electrons. The summed E-state index contributed by atoms with van der Waals surface area (Å²) in [5, 5.41) is 20.6. The lowest BCUT2D eigenvalue weighted by molar-refractivity contribution is -0.0771. The van der Waals surface area contributed by atoms with Crippen molar-refractivity contribution in [1.29, 1.82) is 0 Å². The molecule has 33 heavy (non-hydrogen) atoms. The van der Waals surface area contributed by atoms with Gasteiger partial charge in [-0.15, -0.1) is 11.3 Å². The molecular formula is C24H27N5O3S. The standard InChI is InChI=1S/C24H27N5O3S/c30-22-19-20(25-12-26-22)21(33-23(19)28-9-8-15(11-28)24(31)32)14-6-7-18-17(10-14)27-13-29(18)16-4-2-1-3-5-16/h6-7,10,12-13,15-16,24,31-32H,1-5,8-9,11H2,(H,25,26,30)/t15-/m1/s1. The van der Waals surface area contributed by atoms with Crippen molar-refractivity contribution in [3.05, 3.63) is 41.2 Å². The molecule has 2 fully saturated rings. The molecule has 0 unspecified atom stereocenters. The molecule has 0 radical (unpaired) electrons. The molecule has 0 spiro atoms. The Morgan fingerprint density at radius 1 is 1.12 bits per heavy atom. The molecule has 1 saturated carbocycles. The fourth-order valence-electron chi connectivity index (χ4n) is 5.42. The van der Waals surface area contributed by atoms with Crippen molar-refractivity contribution < 1.29 is 10.2 Å². The molecule has 2 aliphatic rings. The molecule has 6 rings (SSSR count). The number of nitrogens with zero attached hydrogens (tertiary/aromatic N) is 4. The van der Waals surface area contributed by atoms with Crippen LogP contribution in [0.4, 0.5) is 5.00 Å². The first-order valence-electron chi connectivity index (χ1n) is 11.7. The highest BCUT2D eigenvalue weighted by atomic mass is 32.1. The zero-order chi connectivity index (χ0) is 22.5. The fraction of sp³-hybridized carbons (Fsp3) is 0.458. The molecule has 0 bridgehead atoms. The number of thiophene rings is 1. The van der Waals surface area contributed by atoms with E-state index in [0.29, 0.717) is 36.5 Å². The minimum Gasteiger partial charge on any atom is -0.368 e. The first kappa shape index (κ1) is 20.8. The van der Waals surface area contributed by atoms with Gasteiger partial charge in [-0.1, -0.05) is 25.3 Å². The molecule has 1 aliphatic heterocycles. The van der Waals surface area contributed by atoms with Crippen LogP contribution in [0.5, 0.6) is 0 Å². The van der Waals surface area contributed by atoms with Crippen LogP contribution in [0.3, 0.4) is 0 Å². The number of aromatic nitrogens is 4. The summed E-state index contributed by atoms with van der Waals surface area (Å²) in [4.78, 5) is 27.7. The molecule has 1 aromatic carbocycles. The molecule has 3 N–H and O–H groups in total. The van der Waals surface area contributed by atoms with Crippen molar-refractivity contribution >= 4 is 38.3 Å². The Balaban J connectivity index is 1.43. The highest BCUT2D eigenvalue weighted by Gasteiger charge is 2.31. The molecule has 1 saturated heterocycles. The third-order valence-electron chi connectivity index (χ3n) is 7.22. The van der Waals surface area contributed by atoms with E-state index in [0.717, 1.165) is 26.5 Å². The normalized spacial score (nSPS) is 20.0. The molecular weight excluding hydrogens is 438 g/mol. The van der Waals surface area contributed by atoms with Gasteiger partial charge in [-0.3, -0.25) is 4.79 Å². The lowest BCUT2D eigenvalue weighted by Gasteiger charge is -2.23. The smallest absolute Gasteiger partial charge is 0.261 e. The Kier molecular flexibility index (Phi) is 5.20. The highest BCUT2D eigenvalue weighted by molar-refractivity contribution is 7.21. The number of nitrogens with one attached hydrogen (secondary N) is 1. The summed E-state index contributed by atoms with van der Waals surface area (Å²) in [7, 11) is 0. The SMILES string of the molecule is O=c1[nH]cnc2c(-c3ccc4c(c3)ncn4C3CCCCC3)sc(N3CC[C@@H](C(O)O)C3)c12. The van der Waals surface area contributed by atoms with Gasteiger partial charge >= 0.3 is 0 Å². The van der Waals surface area contributed by atoms with Crippen molar-refractivity contribution in [3.63, 3.8) is 0 Å². The second-order valence-electron chi connectivity index (χ2n) is 9.25. The van der Waals surface area contributed by atoms with Gasteiger partial charge in [-0.25, -0.2) is 9.97 Å². The third-order valence-corrected chi connectivity index (χ3v) is 8.51. The predicted octanol–water partition coefficient (Wildman–Crippen LogP) is 3.64. The molecule has 4 aromatic rings. The average Bonchev–Trinajstić information content (AvgIpc) is 3.56. The molecule has 1 aliphatic carbocycles. The van der Waals surface area contributed by atoms with E-state index in [9.17, 15) is 15.0 Å². The van der Waals surface area contributed by atoms with Crippen molar-refractivity contribution in [2.45, 2.75) is 50.9 Å². The number of imidazole rings is 1. The van der Waals surface area contributed by atoms with Gasteiger partial charge < -0.3 is 24.7 Å². The number of fused-ring (bicyclic) bond motifs is 2. The number of hydrogen-bond acceptors (Lipinski definition) is 7. The van der Waals surface area contributed by atoms with E-state index in [2.05, 4.69) is 37.6 Å². The topological polar surface area (TPSA) is 107 Å². The van der Waals surface area contributed by atoms with Crippen LogP contribution in [0.15, 0.2) is 35.6 Å². The van der Waals surface area contributed by atoms with Gasteiger partial charge in [0.05, 0.1) is 34.1 Å². The second-order valence-corrected chi connectivity index (χ2v) is 10.2. The van der Waals surface area contributed by atoms with Crippen LogP contribution in [-0.4, -0.2) is 49.1 Å². The fourth-order valence-corrected chi connectivity index (χ4v) is 6.70. The summed E-state index contributed by atoms with van der Waals surface area (Å²) in [5.74, 6) is -0.221. The molecule has 4 heterocycles. The summed E-state index contributed by atoms with van der Waals surface area (Å²) in [6, 6.07) is 6.86. The van der Waals surface area contributed by atoms with Gasteiger partial charge in [0.25, 0.3) is 5.56 Å². The largest absolute Gasteiger partial charge is 0.368 e. The number of H-pyrrole nitrogens is 1. The Labute approximate surface area is 194 Å². The summed E-state index contributed by atoms with van der Waals surface area (Å²) in [6.45, 7) is 1.18. The van der Waals surface area contributed by atoms with Crippen LogP contribution in [0.1, 0.15) is 44.6 Å². The van der Waals surface area contributed by atoms with Crippen LogP contribution in [0.2, 0.25) is 0 Å². The molecule has 9 heteroatoms. The number of anilines is 1. The number of aliphatic hydroxyl groups excluding tert-OH is 1. The number of aromatic amines is 1. The maximum atomic E-state index is 12.8. The quantitative estimate of drug-likeness (QED) is 0.397. The van der Waals surface area contributed by atoms with Crippen LogP contribution < -0.4 is 10.5 Å². The van der Waals surface area contributed by atoms with Crippen molar-refractivity contribution in [2.75, 3.05) is 18.0 Å². The lowest BCUT2D eigenvalue weighted by Crippen LogP contribution is -2.25. The van der Waals surface area contributed by atoms with E-state index in [1.807, 2.05) is 6.33 Å². The maximum Gasteiger partial charge on any atom is 0.261 e. The molecule has 0 amide bonds. The van der Waals surface area contributed by atoms with Crippen LogP contribution in [-0.2, 0) is 0 Å². The molecule has 1 atom stereocenters. The Hall–Kier alpha value is -2.75. The summed E-state index contributed by atoms with van der Waals surface area (Å²) in [5.41, 5.74) is 3.60. The summed E-state index contributed by atoms with van der Waals surface area (Å²) >= 11 is 1.54. The first-order valence-corrected chi connectivity index (χ1v) is 12.5. The Morgan fingerprint density at radius 2 is 1.97 bits per heavy atom. The summed E-state index contributed by atoms with van der Waals surface area (Å²) < 4.78 is 2.32. The van der Waals surface area contributed by atoms with Gasteiger partial charge in [0, 0.05) is 25.0 Å². The molecule has 3 aromatic heterocycles. The summed E-state index contributed by atoms with van der Waals surface area (Å²) in [6.07, 6.45) is 9.03. The van der Waals surface area contributed by atoms with Crippen molar-refractivity contribution in [1.82, 2.24) is 19.5 Å². The van der Waals surface area contributed by atoms with Gasteiger partial charge in [0.15, 0.2) is 6.29 Å². The average molecular weight is 466 g/mol. The van der Waals surface area contributed by atoms with Gasteiger partial charge in [0.1, 0.15) is 10.4 Å². The van der Waals surface area contributed by atoms with E-state index < -0.39 is 6.29 Å². The van der Waals surface area contributed by atoms with E-state index in [-0.39, 0.29) is 11.5 Å². The predicted molar refractivity (Wildman–Crippen MR) is 130 cm³/mol. The number of aliphatic hydroxyl groups is 2. The second kappa shape index (κ2) is 8.23. The Morgan fingerprint density at radius 3 is 2.76 bits per heavy atom. The minimum atomic E-state index is -1.35. The number of benzene rings is 1. The highest BCUT2D eigenvalue weighted by Crippen LogP contribution is 2.44. The van der Waals surface area contributed by atoms with Crippen LogP contribution >= 0.6 is 11.3 Å². The van der Waals surface area contributed by atoms with Crippen molar-refractivity contribution in [3.8, 4) is 10.4 Å². The van der Waals surface area contributed by atoms with Gasteiger partial charge in [-0.2, -0.15) is 0 Å². The van der Waals surface area contributed by atoms with Gasteiger partial charge in [-0.05, 0) is 37.0 Å². The number of rotatable bonds is 4. The third kappa shape index (κ3) is 3.55. The van der Waals surface area contributed by atoms with Crippen molar-refractivity contribution in [2.24, 2.45) is 5.92 Å². The Bertz CT molecular complexity index is 1370.